The maximum Gasteiger partial charge on any atom is 0.359 e. The average molecular weight is 438 g/mol. The van der Waals surface area contributed by atoms with Crippen molar-refractivity contribution in [2.45, 2.75) is 63.7 Å². The number of hydrogen-bond donors (Lipinski definition) is 5. The molecule has 29 heavy (non-hydrogen) atoms. The second-order valence-corrected chi connectivity index (χ2v) is 9.97. The largest absolute Gasteiger partial charge is 0.394 e. The SMILES string of the molecule is CCC(C)(CCO[C@@H](c1cn(C)c(=O)[nH]c1=O)[C@H](O)CO)OP(=O)(O)C(C)(C)O. The van der Waals surface area contributed by atoms with Gasteiger partial charge in [0, 0.05) is 19.7 Å². The molecule has 1 aromatic heterocycles. The first-order valence-electron chi connectivity index (χ1n) is 9.14. The topological polar surface area (TPSA) is 171 Å². The van der Waals surface area contributed by atoms with Gasteiger partial charge in [0.1, 0.15) is 12.2 Å². The van der Waals surface area contributed by atoms with Crippen LogP contribution >= 0.6 is 7.60 Å². The van der Waals surface area contributed by atoms with E-state index in [4.69, 9.17) is 9.26 Å². The summed E-state index contributed by atoms with van der Waals surface area (Å²) in [6.07, 6.45) is -1.08. The number of rotatable bonds is 11. The number of aliphatic hydroxyl groups is 3. The van der Waals surface area contributed by atoms with Gasteiger partial charge >= 0.3 is 13.3 Å². The molecule has 0 saturated heterocycles. The zero-order valence-corrected chi connectivity index (χ0v) is 18.2. The highest BCUT2D eigenvalue weighted by molar-refractivity contribution is 7.54. The molecule has 1 aromatic rings. The Hall–Kier alpha value is -1.33. The number of H-pyrrole nitrogens is 1. The second kappa shape index (κ2) is 9.65. The van der Waals surface area contributed by atoms with Crippen molar-refractivity contribution < 1.29 is 34.0 Å². The number of aromatic amines is 1. The Morgan fingerprint density at radius 1 is 1.31 bits per heavy atom. The number of aromatic nitrogens is 2. The Morgan fingerprint density at radius 2 is 1.90 bits per heavy atom. The normalized spacial score (nSPS) is 18.7. The molecule has 5 N–H and O–H groups in total. The van der Waals surface area contributed by atoms with E-state index in [2.05, 4.69) is 4.98 Å². The van der Waals surface area contributed by atoms with Crippen molar-refractivity contribution in [3.8, 4) is 0 Å². The van der Waals surface area contributed by atoms with Gasteiger partial charge in [-0.1, -0.05) is 6.92 Å². The highest BCUT2D eigenvalue weighted by Crippen LogP contribution is 2.57. The van der Waals surface area contributed by atoms with E-state index in [0.29, 0.717) is 6.42 Å². The van der Waals surface area contributed by atoms with Crippen molar-refractivity contribution in [3.63, 3.8) is 0 Å². The van der Waals surface area contributed by atoms with Crippen molar-refractivity contribution >= 4 is 7.60 Å². The Kier molecular flexibility index (Phi) is 8.56. The van der Waals surface area contributed by atoms with Gasteiger partial charge in [0.05, 0.1) is 24.4 Å². The molecule has 1 rings (SSSR count). The molecule has 0 aromatic carbocycles. The molecule has 1 heterocycles. The predicted molar refractivity (Wildman–Crippen MR) is 105 cm³/mol. The van der Waals surface area contributed by atoms with Crippen LogP contribution < -0.4 is 11.2 Å². The van der Waals surface area contributed by atoms with Crippen molar-refractivity contribution in [1.29, 1.82) is 0 Å². The van der Waals surface area contributed by atoms with Gasteiger partial charge in [-0.15, -0.1) is 0 Å². The quantitative estimate of drug-likeness (QED) is 0.298. The van der Waals surface area contributed by atoms with E-state index in [1.165, 1.54) is 27.1 Å². The number of aryl methyl sites for hydroxylation is 1. The minimum Gasteiger partial charge on any atom is -0.394 e. The third kappa shape index (κ3) is 6.58. The monoisotopic (exact) mass is 438 g/mol. The van der Waals surface area contributed by atoms with Gasteiger partial charge < -0.3 is 34.0 Å². The van der Waals surface area contributed by atoms with Crippen LogP contribution in [-0.4, -0.2) is 60.0 Å². The summed E-state index contributed by atoms with van der Waals surface area (Å²) in [4.78, 5) is 35.7. The fourth-order valence-electron chi connectivity index (χ4n) is 2.39. The van der Waals surface area contributed by atoms with Crippen molar-refractivity contribution in [2.24, 2.45) is 7.05 Å². The Labute approximate surface area is 168 Å². The molecule has 2 unspecified atom stereocenters. The zero-order chi connectivity index (χ0) is 22.6. The summed E-state index contributed by atoms with van der Waals surface area (Å²) >= 11 is 0. The van der Waals surface area contributed by atoms with Gasteiger partial charge in [-0.2, -0.15) is 0 Å². The lowest BCUT2D eigenvalue weighted by atomic mass is 10.00. The molecule has 0 aliphatic carbocycles. The number of aliphatic hydroxyl groups excluding tert-OH is 2. The Balaban J connectivity index is 3.01. The van der Waals surface area contributed by atoms with E-state index in [-0.39, 0.29) is 18.6 Å². The fraction of sp³-hybridized carbons (Fsp3) is 0.765. The molecule has 0 bridgehead atoms. The van der Waals surface area contributed by atoms with Crippen LogP contribution in [0.15, 0.2) is 15.8 Å². The molecular weight excluding hydrogens is 407 g/mol. The summed E-state index contributed by atoms with van der Waals surface area (Å²) in [6, 6.07) is 0. The van der Waals surface area contributed by atoms with Gasteiger partial charge in [-0.25, -0.2) is 4.79 Å². The highest BCUT2D eigenvalue weighted by atomic mass is 31.2. The summed E-state index contributed by atoms with van der Waals surface area (Å²) < 4.78 is 24.3. The molecule has 12 heteroatoms. The first-order valence-corrected chi connectivity index (χ1v) is 10.7. The van der Waals surface area contributed by atoms with E-state index in [1.54, 1.807) is 13.8 Å². The standard InChI is InChI=1S/C17H31N2O9P/c1-6-17(4,28-29(25,26)16(2,3)24)7-8-27-13(12(21)10-20)11-9-19(5)15(23)18-14(11)22/h9,12-13,20-21,24H,6-8,10H2,1-5H3,(H,25,26)(H,18,22,23)/t12-,13+,17?/m1/s1. The minimum atomic E-state index is -4.36. The predicted octanol–water partition coefficient (Wildman–Crippen LogP) is -0.0263. The molecular formula is C17H31N2O9P. The molecule has 0 spiro atoms. The number of ether oxygens (including phenoxy) is 1. The molecule has 0 amide bonds. The van der Waals surface area contributed by atoms with E-state index in [1.807, 2.05) is 0 Å². The van der Waals surface area contributed by atoms with Crippen LogP contribution in [0.5, 0.6) is 0 Å². The zero-order valence-electron chi connectivity index (χ0n) is 17.3. The molecule has 4 atom stereocenters. The maximum atomic E-state index is 12.3. The maximum absolute atomic E-state index is 12.3. The fourth-order valence-corrected chi connectivity index (χ4v) is 3.43. The Morgan fingerprint density at radius 3 is 2.38 bits per heavy atom. The summed E-state index contributed by atoms with van der Waals surface area (Å²) in [5, 5.41) is 27.3. The summed E-state index contributed by atoms with van der Waals surface area (Å²) in [6.45, 7) is 4.82. The van der Waals surface area contributed by atoms with Crippen LogP contribution in [0.4, 0.5) is 0 Å². The smallest absolute Gasteiger partial charge is 0.359 e. The van der Waals surface area contributed by atoms with E-state index in [0.717, 1.165) is 4.57 Å². The average Bonchev–Trinajstić information content (AvgIpc) is 2.60. The van der Waals surface area contributed by atoms with E-state index < -0.39 is 48.6 Å². The molecule has 11 nitrogen and oxygen atoms in total. The number of nitrogens with zero attached hydrogens (tertiary/aromatic N) is 1. The highest BCUT2D eigenvalue weighted by Gasteiger charge is 2.44. The van der Waals surface area contributed by atoms with Crippen LogP contribution in [0.25, 0.3) is 0 Å². The summed E-state index contributed by atoms with van der Waals surface area (Å²) in [5.74, 6) is 0. The van der Waals surface area contributed by atoms with Gasteiger partial charge in [-0.3, -0.25) is 14.3 Å². The molecule has 0 radical (unpaired) electrons. The summed E-state index contributed by atoms with van der Waals surface area (Å²) in [7, 11) is -2.96. The van der Waals surface area contributed by atoms with Gasteiger partial charge in [0.2, 0.25) is 0 Å². The van der Waals surface area contributed by atoms with Crippen LogP contribution in [-0.2, 0) is 20.9 Å². The van der Waals surface area contributed by atoms with Crippen molar-refractivity contribution in [2.75, 3.05) is 13.2 Å². The third-order valence-electron chi connectivity index (χ3n) is 4.69. The van der Waals surface area contributed by atoms with E-state index >= 15 is 0 Å². The molecule has 0 aliphatic heterocycles. The van der Waals surface area contributed by atoms with Crippen molar-refractivity contribution in [1.82, 2.24) is 9.55 Å². The molecule has 168 valence electrons. The van der Waals surface area contributed by atoms with Crippen LogP contribution in [0.3, 0.4) is 0 Å². The van der Waals surface area contributed by atoms with Gasteiger partial charge in [-0.05, 0) is 27.2 Å². The third-order valence-corrected chi connectivity index (χ3v) is 6.76. The van der Waals surface area contributed by atoms with Gasteiger partial charge in [0.15, 0.2) is 5.34 Å². The lowest BCUT2D eigenvalue weighted by molar-refractivity contribution is -0.0759. The van der Waals surface area contributed by atoms with Crippen LogP contribution in [0.1, 0.15) is 52.2 Å². The number of hydrogen-bond acceptors (Lipinski definition) is 8. The summed E-state index contributed by atoms with van der Waals surface area (Å²) in [5.41, 5.74) is -2.61. The molecule has 0 fully saturated rings. The number of nitrogens with one attached hydrogen (secondary N) is 1. The van der Waals surface area contributed by atoms with Crippen LogP contribution in [0.2, 0.25) is 0 Å². The van der Waals surface area contributed by atoms with Gasteiger partial charge in [0.25, 0.3) is 5.56 Å². The first-order chi connectivity index (χ1) is 13.2. The first kappa shape index (κ1) is 25.7. The Bertz CT molecular complexity index is 845. The second-order valence-electron chi connectivity index (χ2n) is 7.66. The minimum absolute atomic E-state index is 0.0582. The van der Waals surface area contributed by atoms with Crippen molar-refractivity contribution in [3.05, 3.63) is 32.6 Å². The lowest BCUT2D eigenvalue weighted by Gasteiger charge is -2.35. The van der Waals surface area contributed by atoms with E-state index in [9.17, 15) is 34.4 Å². The lowest BCUT2D eigenvalue weighted by Crippen LogP contribution is -2.37. The molecule has 0 saturated carbocycles. The van der Waals surface area contributed by atoms with Crippen LogP contribution in [0, 0.1) is 0 Å². The molecule has 0 aliphatic rings.